The number of likely N-dealkylation sites (N-methyl/N-ethyl adjacent to an activating group) is 1. The quantitative estimate of drug-likeness (QED) is 0.499. The van der Waals surface area contributed by atoms with E-state index in [-0.39, 0.29) is 11.3 Å². The Hall–Kier alpha value is -2.12. The number of nitrogens with zero attached hydrogens (tertiary/aromatic N) is 4. The van der Waals surface area contributed by atoms with Crippen LogP contribution in [-0.4, -0.2) is 60.5 Å². The fourth-order valence-electron chi connectivity index (χ4n) is 3.41. The van der Waals surface area contributed by atoms with E-state index in [1.807, 2.05) is 18.2 Å². The van der Waals surface area contributed by atoms with Crippen molar-refractivity contribution in [2.24, 2.45) is 5.92 Å². The summed E-state index contributed by atoms with van der Waals surface area (Å²) in [6.45, 7) is 15.5. The zero-order valence-electron chi connectivity index (χ0n) is 20.3. The van der Waals surface area contributed by atoms with Gasteiger partial charge in [0, 0.05) is 55.5 Å². The fourth-order valence-corrected chi connectivity index (χ4v) is 4.20. The third kappa shape index (κ3) is 6.94. The molecule has 1 N–H and O–H groups in total. The van der Waals surface area contributed by atoms with Crippen molar-refractivity contribution in [1.29, 1.82) is 0 Å². The molecule has 3 rings (SSSR count). The number of carbonyl (C=O) groups is 1. The summed E-state index contributed by atoms with van der Waals surface area (Å²) in [4.78, 5) is 26.9. The molecule has 174 valence electrons. The second-order valence-electron chi connectivity index (χ2n) is 10.0. The van der Waals surface area contributed by atoms with Crippen molar-refractivity contribution in [3.8, 4) is 0 Å². The fraction of sp³-hybridized carbons (Fsp3) is 0.560. The van der Waals surface area contributed by atoms with Gasteiger partial charge in [-0.1, -0.05) is 58.5 Å². The van der Waals surface area contributed by atoms with Gasteiger partial charge in [0.05, 0.1) is 5.69 Å². The van der Waals surface area contributed by atoms with Crippen LogP contribution in [0.2, 0.25) is 0 Å². The summed E-state index contributed by atoms with van der Waals surface area (Å²) in [7, 11) is 2.16. The molecular formula is C25H37N5OS. The summed E-state index contributed by atoms with van der Waals surface area (Å²) in [6.07, 6.45) is 0. The van der Waals surface area contributed by atoms with Crippen LogP contribution in [0.5, 0.6) is 0 Å². The van der Waals surface area contributed by atoms with Gasteiger partial charge in [0.1, 0.15) is 5.82 Å². The van der Waals surface area contributed by atoms with E-state index in [1.165, 1.54) is 0 Å². The SMILES string of the molecule is CC(C)CNC(=O)c1cccc(CSc2nc(N3CCN(C)CC3)cc(C(C)(C)C)n2)c1. The van der Waals surface area contributed by atoms with Crippen LogP contribution in [0.3, 0.4) is 0 Å². The van der Waals surface area contributed by atoms with E-state index in [0.717, 1.165) is 54.2 Å². The van der Waals surface area contributed by atoms with Crippen LogP contribution < -0.4 is 10.2 Å². The molecule has 1 fully saturated rings. The molecule has 6 nitrogen and oxygen atoms in total. The van der Waals surface area contributed by atoms with Gasteiger partial charge in [-0.2, -0.15) is 0 Å². The van der Waals surface area contributed by atoms with Crippen molar-refractivity contribution in [1.82, 2.24) is 20.2 Å². The lowest BCUT2D eigenvalue weighted by Crippen LogP contribution is -2.45. The van der Waals surface area contributed by atoms with Gasteiger partial charge < -0.3 is 15.1 Å². The first-order valence-corrected chi connectivity index (χ1v) is 12.4. The van der Waals surface area contributed by atoms with Crippen LogP contribution in [0, 0.1) is 5.92 Å². The van der Waals surface area contributed by atoms with E-state index >= 15 is 0 Å². The normalized spacial score (nSPS) is 15.3. The van der Waals surface area contributed by atoms with E-state index < -0.39 is 0 Å². The smallest absolute Gasteiger partial charge is 0.251 e. The van der Waals surface area contributed by atoms with Crippen LogP contribution in [-0.2, 0) is 11.2 Å². The van der Waals surface area contributed by atoms with Crippen molar-refractivity contribution in [2.75, 3.05) is 44.7 Å². The van der Waals surface area contributed by atoms with Gasteiger partial charge in [-0.15, -0.1) is 0 Å². The molecule has 0 aliphatic carbocycles. The van der Waals surface area contributed by atoms with Gasteiger partial charge in [0.25, 0.3) is 5.91 Å². The number of thioether (sulfide) groups is 1. The maximum Gasteiger partial charge on any atom is 0.251 e. The molecule has 32 heavy (non-hydrogen) atoms. The molecule has 0 radical (unpaired) electrons. The van der Waals surface area contributed by atoms with Gasteiger partial charge in [0.15, 0.2) is 5.16 Å². The van der Waals surface area contributed by atoms with Gasteiger partial charge in [-0.25, -0.2) is 9.97 Å². The first-order valence-electron chi connectivity index (χ1n) is 11.4. The van der Waals surface area contributed by atoms with Crippen LogP contribution in [0.1, 0.15) is 56.2 Å². The first-order chi connectivity index (χ1) is 15.1. The van der Waals surface area contributed by atoms with Crippen molar-refractivity contribution in [2.45, 2.75) is 50.9 Å². The Morgan fingerprint density at radius 2 is 1.84 bits per heavy atom. The minimum atomic E-state index is -0.0476. The standard InChI is InChI=1S/C25H37N5OS/c1-18(2)16-26-23(31)20-9-7-8-19(14-20)17-32-24-27-21(25(3,4)5)15-22(28-24)30-12-10-29(6)11-13-30/h7-9,14-15,18H,10-13,16-17H2,1-6H3,(H,26,31). The summed E-state index contributed by atoms with van der Waals surface area (Å²) in [5.41, 5.74) is 2.81. The van der Waals surface area contributed by atoms with Crippen LogP contribution in [0.15, 0.2) is 35.5 Å². The molecule has 2 heterocycles. The Morgan fingerprint density at radius 3 is 2.50 bits per heavy atom. The molecule has 0 saturated carbocycles. The lowest BCUT2D eigenvalue weighted by molar-refractivity contribution is 0.0949. The highest BCUT2D eigenvalue weighted by atomic mass is 32.2. The second-order valence-corrected chi connectivity index (χ2v) is 11.0. The summed E-state index contributed by atoms with van der Waals surface area (Å²) < 4.78 is 0. The highest BCUT2D eigenvalue weighted by Gasteiger charge is 2.22. The molecule has 1 aromatic heterocycles. The zero-order valence-corrected chi connectivity index (χ0v) is 21.1. The third-order valence-electron chi connectivity index (χ3n) is 5.52. The zero-order chi connectivity index (χ0) is 23.3. The van der Waals surface area contributed by atoms with E-state index in [1.54, 1.807) is 11.8 Å². The number of hydrogen-bond donors (Lipinski definition) is 1. The summed E-state index contributed by atoms with van der Waals surface area (Å²) in [6, 6.07) is 9.99. The van der Waals surface area contributed by atoms with Crippen molar-refractivity contribution < 1.29 is 4.79 Å². The Morgan fingerprint density at radius 1 is 1.12 bits per heavy atom. The molecular weight excluding hydrogens is 418 g/mol. The van der Waals surface area contributed by atoms with Gasteiger partial charge in [0.2, 0.25) is 0 Å². The molecule has 7 heteroatoms. The highest BCUT2D eigenvalue weighted by Crippen LogP contribution is 2.29. The van der Waals surface area contributed by atoms with Gasteiger partial charge in [-0.05, 0) is 30.7 Å². The Labute approximate surface area is 197 Å². The van der Waals surface area contributed by atoms with E-state index in [0.29, 0.717) is 18.0 Å². The Balaban J connectivity index is 1.75. The van der Waals surface area contributed by atoms with E-state index in [4.69, 9.17) is 9.97 Å². The Bertz CT molecular complexity index is 917. The summed E-state index contributed by atoms with van der Waals surface area (Å²) in [5.74, 6) is 2.15. The number of amides is 1. The molecule has 0 unspecified atom stereocenters. The van der Waals surface area contributed by atoms with E-state index in [9.17, 15) is 4.79 Å². The monoisotopic (exact) mass is 455 g/mol. The minimum Gasteiger partial charge on any atom is -0.354 e. The average Bonchev–Trinajstić information content (AvgIpc) is 2.76. The predicted molar refractivity (Wildman–Crippen MR) is 134 cm³/mol. The lowest BCUT2D eigenvalue weighted by Gasteiger charge is -2.34. The highest BCUT2D eigenvalue weighted by molar-refractivity contribution is 7.98. The largest absolute Gasteiger partial charge is 0.354 e. The number of nitrogens with one attached hydrogen (secondary N) is 1. The maximum atomic E-state index is 12.4. The van der Waals surface area contributed by atoms with Crippen molar-refractivity contribution in [3.63, 3.8) is 0 Å². The number of anilines is 1. The van der Waals surface area contributed by atoms with Gasteiger partial charge >= 0.3 is 0 Å². The topological polar surface area (TPSA) is 61.4 Å². The molecule has 0 spiro atoms. The summed E-state index contributed by atoms with van der Waals surface area (Å²) in [5, 5.41) is 3.78. The van der Waals surface area contributed by atoms with Crippen LogP contribution >= 0.6 is 11.8 Å². The lowest BCUT2D eigenvalue weighted by atomic mass is 9.92. The molecule has 0 bridgehead atoms. The van der Waals surface area contributed by atoms with Crippen LogP contribution in [0.4, 0.5) is 5.82 Å². The van der Waals surface area contributed by atoms with Crippen molar-refractivity contribution in [3.05, 3.63) is 47.2 Å². The molecule has 1 aromatic carbocycles. The first kappa shape index (κ1) is 24.5. The third-order valence-corrected chi connectivity index (χ3v) is 6.43. The van der Waals surface area contributed by atoms with Crippen LogP contribution in [0.25, 0.3) is 0 Å². The van der Waals surface area contributed by atoms with Crippen molar-refractivity contribution >= 4 is 23.5 Å². The summed E-state index contributed by atoms with van der Waals surface area (Å²) >= 11 is 1.63. The molecule has 1 saturated heterocycles. The Kier molecular flexibility index (Phi) is 8.17. The minimum absolute atomic E-state index is 0.0196. The number of aromatic nitrogens is 2. The molecule has 2 aromatic rings. The molecule has 1 aliphatic rings. The van der Waals surface area contributed by atoms with Gasteiger partial charge in [-0.3, -0.25) is 4.79 Å². The molecule has 1 amide bonds. The predicted octanol–water partition coefficient (Wildman–Crippen LogP) is 4.20. The number of hydrogen-bond acceptors (Lipinski definition) is 6. The molecule has 0 atom stereocenters. The number of carbonyl (C=O) groups excluding carboxylic acids is 1. The maximum absolute atomic E-state index is 12.4. The number of benzene rings is 1. The number of piperazine rings is 1. The average molecular weight is 456 g/mol. The molecule has 1 aliphatic heterocycles. The second kappa shape index (κ2) is 10.7. The van der Waals surface area contributed by atoms with E-state index in [2.05, 4.69) is 68.9 Å². The number of rotatable bonds is 7.